The van der Waals surface area contributed by atoms with Crippen molar-refractivity contribution in [1.82, 2.24) is 10.9 Å². The summed E-state index contributed by atoms with van der Waals surface area (Å²) in [5.41, 5.74) is 4.98. The summed E-state index contributed by atoms with van der Waals surface area (Å²) >= 11 is 0.969. The maximum absolute atomic E-state index is 11.2. The number of ether oxygens (including phenoxy) is 1. The van der Waals surface area contributed by atoms with E-state index < -0.39 is 5.97 Å². The van der Waals surface area contributed by atoms with Gasteiger partial charge in [-0.05, 0) is 18.7 Å². The Hall–Kier alpha value is -2.03. The molecule has 98 valence electrons. The van der Waals surface area contributed by atoms with Crippen LogP contribution in [0.1, 0.15) is 13.8 Å². The van der Waals surface area contributed by atoms with Gasteiger partial charge in [0.2, 0.25) is 5.91 Å². The molecule has 3 N–H and O–H groups in total. The van der Waals surface area contributed by atoms with Crippen molar-refractivity contribution in [2.24, 2.45) is 10.1 Å². The Labute approximate surface area is 107 Å². The van der Waals surface area contributed by atoms with Crippen LogP contribution in [-0.4, -0.2) is 33.9 Å². The summed E-state index contributed by atoms with van der Waals surface area (Å²) in [6, 6.07) is 0. The van der Waals surface area contributed by atoms with Crippen LogP contribution < -0.4 is 10.9 Å². The molecular weight excluding hydrogens is 260 g/mol. The molecule has 0 atom stereocenters. The minimum Gasteiger partial charge on any atom is -0.463 e. The van der Waals surface area contributed by atoms with Gasteiger partial charge in [0.1, 0.15) is 5.70 Å². The molecule has 0 aromatic carbocycles. The van der Waals surface area contributed by atoms with Gasteiger partial charge in [-0.15, -0.1) is 0 Å². The first-order chi connectivity index (χ1) is 8.56. The fourth-order valence-electron chi connectivity index (χ4n) is 0.980. The van der Waals surface area contributed by atoms with Gasteiger partial charge in [0.15, 0.2) is 10.2 Å². The van der Waals surface area contributed by atoms with Crippen molar-refractivity contribution in [3.8, 4) is 0 Å². The molecule has 0 aromatic heterocycles. The summed E-state index contributed by atoms with van der Waals surface area (Å²) in [5.74, 6) is -0.887. The lowest BCUT2D eigenvalue weighted by Gasteiger charge is -2.02. The number of carbonyl (C=O) groups is 2. The third kappa shape index (κ3) is 4.09. The van der Waals surface area contributed by atoms with Crippen molar-refractivity contribution in [3.63, 3.8) is 0 Å². The number of carbonyl (C=O) groups excluding carboxylic acids is 2. The van der Waals surface area contributed by atoms with E-state index in [0.29, 0.717) is 0 Å². The number of hydrogen-bond acceptors (Lipinski definition) is 8. The van der Waals surface area contributed by atoms with Gasteiger partial charge in [-0.25, -0.2) is 9.79 Å². The van der Waals surface area contributed by atoms with Gasteiger partial charge in [0, 0.05) is 6.92 Å². The molecule has 18 heavy (non-hydrogen) atoms. The largest absolute Gasteiger partial charge is 0.463 e. The fourth-order valence-corrected chi connectivity index (χ4v) is 1.66. The van der Waals surface area contributed by atoms with E-state index in [1.54, 1.807) is 6.92 Å². The van der Waals surface area contributed by atoms with Crippen LogP contribution in [0.15, 0.2) is 21.9 Å². The summed E-state index contributed by atoms with van der Waals surface area (Å²) in [5, 5.41) is 12.2. The van der Waals surface area contributed by atoms with Gasteiger partial charge in [-0.2, -0.15) is 0 Å². The normalized spacial score (nSPS) is 18.7. The van der Waals surface area contributed by atoms with Crippen LogP contribution in [-0.2, 0) is 14.3 Å². The van der Waals surface area contributed by atoms with E-state index >= 15 is 0 Å². The number of oxime groups is 1. The Morgan fingerprint density at radius 2 is 2.33 bits per heavy atom. The Kier molecular flexibility index (Phi) is 5.18. The van der Waals surface area contributed by atoms with Crippen molar-refractivity contribution in [3.05, 3.63) is 11.8 Å². The molecule has 1 heterocycles. The summed E-state index contributed by atoms with van der Waals surface area (Å²) in [6.07, 6.45) is 1.11. The van der Waals surface area contributed by atoms with Crippen LogP contribution in [0.25, 0.3) is 0 Å². The predicted octanol–water partition coefficient (Wildman–Crippen LogP) is -0.0354. The number of esters is 1. The van der Waals surface area contributed by atoms with Crippen molar-refractivity contribution in [1.29, 1.82) is 0 Å². The highest BCUT2D eigenvalue weighted by atomic mass is 32.2. The average molecular weight is 272 g/mol. The highest BCUT2D eigenvalue weighted by Gasteiger charge is 2.22. The molecular formula is C9H12N4O4S. The lowest BCUT2D eigenvalue weighted by molar-refractivity contribution is -0.137. The number of amides is 1. The molecule has 9 heteroatoms. The van der Waals surface area contributed by atoms with Crippen LogP contribution in [0.3, 0.4) is 0 Å². The van der Waals surface area contributed by atoms with E-state index in [-0.39, 0.29) is 28.4 Å². The number of nitrogens with zero attached hydrogens (tertiary/aromatic N) is 2. The standard InChI is InChI=1S/C9H12N4O4S/c1-3-17-7(15)4-6-8(13-16)18-9(10-6)12-11-5(2)14/h4,16H,3H2,1-2H3,(H,10,12)(H,11,14)/b6-4+,13-8-. The highest BCUT2D eigenvalue weighted by molar-refractivity contribution is 8.27. The van der Waals surface area contributed by atoms with Gasteiger partial charge in [-0.1, -0.05) is 5.16 Å². The number of hydrogen-bond donors (Lipinski definition) is 3. The maximum Gasteiger partial charge on any atom is 0.333 e. The molecule has 0 saturated heterocycles. The average Bonchev–Trinajstić information content (AvgIpc) is 2.69. The van der Waals surface area contributed by atoms with Crippen LogP contribution in [0, 0.1) is 0 Å². The first-order valence-corrected chi connectivity index (χ1v) is 5.78. The Balaban J connectivity index is 2.76. The minimum atomic E-state index is -0.584. The number of hydrazine groups is 1. The van der Waals surface area contributed by atoms with E-state index in [2.05, 4.69) is 21.0 Å². The highest BCUT2D eigenvalue weighted by Crippen LogP contribution is 2.23. The molecule has 8 nitrogen and oxygen atoms in total. The van der Waals surface area contributed by atoms with Gasteiger partial charge in [0.25, 0.3) is 0 Å². The number of rotatable bonds is 2. The second-order valence-electron chi connectivity index (χ2n) is 3.01. The lowest BCUT2D eigenvalue weighted by atomic mass is 10.4. The van der Waals surface area contributed by atoms with Gasteiger partial charge in [-0.3, -0.25) is 15.6 Å². The number of nitrogens with one attached hydrogen (secondary N) is 2. The smallest absolute Gasteiger partial charge is 0.333 e. The van der Waals surface area contributed by atoms with Gasteiger partial charge >= 0.3 is 5.97 Å². The summed E-state index contributed by atoms with van der Waals surface area (Å²) < 4.78 is 4.71. The van der Waals surface area contributed by atoms with Crippen LogP contribution in [0.2, 0.25) is 0 Å². The molecule has 1 aliphatic heterocycles. The van der Waals surface area contributed by atoms with Crippen molar-refractivity contribution in [2.45, 2.75) is 13.8 Å². The summed E-state index contributed by atoms with van der Waals surface area (Å²) in [4.78, 5) is 25.9. The molecule has 0 aliphatic carbocycles. The van der Waals surface area contributed by atoms with E-state index in [1.165, 1.54) is 6.92 Å². The van der Waals surface area contributed by atoms with E-state index in [4.69, 9.17) is 9.94 Å². The van der Waals surface area contributed by atoms with Crippen LogP contribution in [0.5, 0.6) is 0 Å². The Morgan fingerprint density at radius 1 is 1.61 bits per heavy atom. The summed E-state index contributed by atoms with van der Waals surface area (Å²) in [6.45, 7) is 3.24. The lowest BCUT2D eigenvalue weighted by Crippen LogP contribution is -2.38. The number of aliphatic imine (C=N–C) groups is 1. The fraction of sp³-hybridized carbons (Fsp3) is 0.333. The minimum absolute atomic E-state index is 0.135. The van der Waals surface area contributed by atoms with Gasteiger partial charge < -0.3 is 9.94 Å². The van der Waals surface area contributed by atoms with Gasteiger partial charge in [0.05, 0.1) is 12.7 Å². The Morgan fingerprint density at radius 3 is 2.89 bits per heavy atom. The monoisotopic (exact) mass is 272 g/mol. The van der Waals surface area contributed by atoms with Crippen LogP contribution >= 0.6 is 11.8 Å². The molecule has 0 bridgehead atoms. The zero-order chi connectivity index (χ0) is 13.5. The first-order valence-electron chi connectivity index (χ1n) is 4.96. The molecule has 1 rings (SSSR count). The summed E-state index contributed by atoms with van der Waals surface area (Å²) in [7, 11) is 0. The Bertz CT molecular complexity index is 444. The zero-order valence-corrected chi connectivity index (χ0v) is 10.6. The van der Waals surface area contributed by atoms with Crippen LogP contribution in [0.4, 0.5) is 0 Å². The molecule has 0 unspecified atom stereocenters. The molecule has 0 fully saturated rings. The molecule has 0 saturated carbocycles. The van der Waals surface area contributed by atoms with Crippen molar-refractivity contribution >= 4 is 33.8 Å². The first kappa shape index (κ1) is 14.0. The molecule has 0 radical (unpaired) electrons. The second-order valence-corrected chi connectivity index (χ2v) is 3.99. The SMILES string of the molecule is CCOC(=O)/C=C1/N=C(NNC(C)=O)S/C1=N\O. The topological polar surface area (TPSA) is 112 Å². The maximum atomic E-state index is 11.2. The number of thioether (sulfide) groups is 1. The molecule has 0 aromatic rings. The molecule has 1 aliphatic rings. The van der Waals surface area contributed by atoms with E-state index in [0.717, 1.165) is 17.8 Å². The van der Waals surface area contributed by atoms with E-state index in [1.807, 2.05) is 0 Å². The van der Waals surface area contributed by atoms with Crippen molar-refractivity contribution in [2.75, 3.05) is 6.61 Å². The molecule has 0 spiro atoms. The third-order valence-electron chi connectivity index (χ3n) is 1.61. The quantitative estimate of drug-likeness (QED) is 0.281. The molecule has 1 amide bonds. The van der Waals surface area contributed by atoms with E-state index in [9.17, 15) is 9.59 Å². The number of amidine groups is 1. The predicted molar refractivity (Wildman–Crippen MR) is 65.9 cm³/mol. The van der Waals surface area contributed by atoms with Crippen molar-refractivity contribution < 1.29 is 19.5 Å². The second kappa shape index (κ2) is 6.64. The zero-order valence-electron chi connectivity index (χ0n) is 9.76. The third-order valence-corrected chi connectivity index (χ3v) is 2.48.